The minimum atomic E-state index is 0. The molecule has 0 aromatic heterocycles. The van der Waals surface area contributed by atoms with Crippen molar-refractivity contribution in [3.05, 3.63) is 0 Å². The Labute approximate surface area is 139 Å². The van der Waals surface area contributed by atoms with Gasteiger partial charge < -0.3 is 14.7 Å². The fourth-order valence-corrected chi connectivity index (χ4v) is 0.671. The van der Waals surface area contributed by atoms with Gasteiger partial charge in [-0.15, -0.1) is 0 Å². The van der Waals surface area contributed by atoms with E-state index in [4.69, 9.17) is 0 Å². The molecular weight excluding hydrogens is 258 g/mol. The molecule has 0 spiro atoms. The number of rotatable bonds is 6. The minimum absolute atomic E-state index is 0. The highest BCUT2D eigenvalue weighted by Crippen LogP contribution is 1.74. The van der Waals surface area contributed by atoms with E-state index in [-0.39, 0.29) is 22.3 Å². The molecule has 0 fully saturated rings. The molecule has 0 unspecified atom stereocenters. The van der Waals surface area contributed by atoms with Gasteiger partial charge in [-0.3, -0.25) is 0 Å². The molecule has 0 rings (SSSR count). The van der Waals surface area contributed by atoms with Crippen LogP contribution in [0.15, 0.2) is 0 Å². The molecule has 3 heteroatoms. The summed E-state index contributed by atoms with van der Waals surface area (Å²) in [4.78, 5) is 6.75. The molecule has 0 atom stereocenters. The monoisotopic (exact) mass is 309 g/mol. The van der Waals surface area contributed by atoms with Crippen LogP contribution in [0.4, 0.5) is 0 Å². The maximum atomic E-state index is 2.25. The Kier molecular flexibility index (Phi) is 56.8. The molecule has 21 heavy (non-hydrogen) atoms. The van der Waals surface area contributed by atoms with E-state index in [0.29, 0.717) is 0 Å². The standard InChI is InChI=1S/3C5H13N.3CH4/c3*1-4-6(3)5-2;;;/h3*4-5H2,1-3H3;3*1H4. The maximum absolute atomic E-state index is 2.25. The SMILES string of the molecule is C.C.C.CCN(C)CC.CCN(C)CC.CCN(C)CC. The number of hydrogen-bond donors (Lipinski definition) is 0. The van der Waals surface area contributed by atoms with Crippen molar-refractivity contribution in [2.24, 2.45) is 0 Å². The zero-order valence-electron chi connectivity index (χ0n) is 14.6. The highest BCUT2D eigenvalue weighted by Gasteiger charge is 1.82. The Hall–Kier alpha value is -0.120. The van der Waals surface area contributed by atoms with Crippen molar-refractivity contribution < 1.29 is 0 Å². The van der Waals surface area contributed by atoms with E-state index >= 15 is 0 Å². The first-order valence-corrected chi connectivity index (χ1v) is 7.48. The van der Waals surface area contributed by atoms with Crippen molar-refractivity contribution in [2.75, 3.05) is 60.4 Å². The third-order valence-electron chi connectivity index (χ3n) is 3.24. The van der Waals surface area contributed by atoms with Gasteiger partial charge in [0.2, 0.25) is 0 Å². The van der Waals surface area contributed by atoms with Crippen molar-refractivity contribution in [3.8, 4) is 0 Å². The van der Waals surface area contributed by atoms with Crippen LogP contribution in [0.25, 0.3) is 0 Å². The normalized spacial score (nSPS) is 8.57. The molecule has 0 radical (unpaired) electrons. The van der Waals surface area contributed by atoms with Crippen molar-refractivity contribution >= 4 is 0 Å². The summed E-state index contributed by atoms with van der Waals surface area (Å²) < 4.78 is 0. The van der Waals surface area contributed by atoms with E-state index in [2.05, 4.69) is 77.4 Å². The van der Waals surface area contributed by atoms with Crippen LogP contribution >= 0.6 is 0 Å². The molecule has 0 bridgehead atoms. The zero-order chi connectivity index (χ0) is 15.0. The van der Waals surface area contributed by atoms with Gasteiger partial charge in [-0.05, 0) is 60.4 Å². The molecule has 0 aliphatic rings. The fourth-order valence-electron chi connectivity index (χ4n) is 0.671. The Morgan fingerprint density at radius 2 is 0.476 bits per heavy atom. The van der Waals surface area contributed by atoms with Gasteiger partial charge in [0.1, 0.15) is 0 Å². The first kappa shape index (κ1) is 37.3. The topological polar surface area (TPSA) is 9.72 Å². The Morgan fingerprint density at radius 3 is 0.476 bits per heavy atom. The smallest absolute Gasteiger partial charge is 0.00504 e. The average molecular weight is 310 g/mol. The molecule has 0 aromatic carbocycles. The fraction of sp³-hybridized carbons (Fsp3) is 1.00. The Balaban J connectivity index is -0.0000000375. The van der Waals surface area contributed by atoms with Crippen molar-refractivity contribution in [3.63, 3.8) is 0 Å². The summed E-state index contributed by atoms with van der Waals surface area (Å²) in [5.74, 6) is 0. The van der Waals surface area contributed by atoms with E-state index in [1.54, 1.807) is 0 Å². The Bertz CT molecular complexity index is 93.9. The lowest BCUT2D eigenvalue weighted by atomic mass is 10.6. The molecule has 0 saturated carbocycles. The molecule has 0 amide bonds. The van der Waals surface area contributed by atoms with E-state index in [0.717, 1.165) is 39.3 Å². The van der Waals surface area contributed by atoms with E-state index < -0.39 is 0 Å². The van der Waals surface area contributed by atoms with Gasteiger partial charge in [0.25, 0.3) is 0 Å². The largest absolute Gasteiger partial charge is 0.307 e. The summed E-state index contributed by atoms with van der Waals surface area (Å²) in [5.41, 5.74) is 0. The first-order valence-electron chi connectivity index (χ1n) is 7.48. The van der Waals surface area contributed by atoms with Crippen LogP contribution in [0, 0.1) is 0 Å². The van der Waals surface area contributed by atoms with Crippen LogP contribution in [0.3, 0.4) is 0 Å². The van der Waals surface area contributed by atoms with Crippen LogP contribution in [-0.2, 0) is 0 Å². The summed E-state index contributed by atoms with van der Waals surface area (Å²) in [7, 11) is 6.33. The second kappa shape index (κ2) is 32.0. The molecule has 0 aliphatic carbocycles. The van der Waals surface area contributed by atoms with Crippen molar-refractivity contribution in [2.45, 2.75) is 63.8 Å². The van der Waals surface area contributed by atoms with Crippen molar-refractivity contribution in [1.82, 2.24) is 14.7 Å². The van der Waals surface area contributed by atoms with Crippen LogP contribution in [0.5, 0.6) is 0 Å². The molecule has 0 heterocycles. The quantitative estimate of drug-likeness (QED) is 0.699. The van der Waals surface area contributed by atoms with Gasteiger partial charge in [-0.2, -0.15) is 0 Å². The van der Waals surface area contributed by atoms with Gasteiger partial charge in [0.05, 0.1) is 0 Å². The van der Waals surface area contributed by atoms with Gasteiger partial charge in [-0.25, -0.2) is 0 Å². The second-order valence-electron chi connectivity index (χ2n) is 4.47. The lowest BCUT2D eigenvalue weighted by molar-refractivity contribution is 0.373. The molecule has 3 nitrogen and oxygen atoms in total. The van der Waals surface area contributed by atoms with Gasteiger partial charge in [0, 0.05) is 0 Å². The molecule has 0 N–H and O–H groups in total. The third kappa shape index (κ3) is 45.0. The average Bonchev–Trinajstić information content (AvgIpc) is 2.45. The first-order chi connectivity index (χ1) is 8.42. The lowest BCUT2D eigenvalue weighted by Gasteiger charge is -2.07. The van der Waals surface area contributed by atoms with Crippen LogP contribution < -0.4 is 0 Å². The summed E-state index contributed by atoms with van der Waals surface area (Å²) in [6.45, 7) is 19.9. The van der Waals surface area contributed by atoms with Crippen LogP contribution in [-0.4, -0.2) is 75.1 Å². The zero-order valence-corrected chi connectivity index (χ0v) is 14.6. The highest BCUT2D eigenvalue weighted by atomic mass is 15.1. The predicted molar refractivity (Wildman–Crippen MR) is 107 cm³/mol. The summed E-state index contributed by atoms with van der Waals surface area (Å²) in [6, 6.07) is 0. The van der Waals surface area contributed by atoms with Crippen LogP contribution in [0.1, 0.15) is 63.8 Å². The summed E-state index contributed by atoms with van der Waals surface area (Å²) in [5, 5.41) is 0. The predicted octanol–water partition coefficient (Wildman–Crippen LogP) is 4.78. The van der Waals surface area contributed by atoms with E-state index in [1.807, 2.05) is 0 Å². The highest BCUT2D eigenvalue weighted by molar-refractivity contribution is 4.37. The molecular formula is C18H51N3. The Morgan fingerprint density at radius 1 is 0.381 bits per heavy atom. The maximum Gasteiger partial charge on any atom is -0.00504 e. The minimum Gasteiger partial charge on any atom is -0.307 e. The molecule has 138 valence electrons. The number of hydrogen-bond acceptors (Lipinski definition) is 3. The van der Waals surface area contributed by atoms with E-state index in [9.17, 15) is 0 Å². The van der Waals surface area contributed by atoms with E-state index in [1.165, 1.54) is 0 Å². The molecule has 0 aromatic rings. The summed E-state index contributed by atoms with van der Waals surface area (Å²) >= 11 is 0. The number of nitrogens with zero attached hydrogens (tertiary/aromatic N) is 3. The van der Waals surface area contributed by atoms with Gasteiger partial charge in [0.15, 0.2) is 0 Å². The molecule has 0 aliphatic heterocycles. The van der Waals surface area contributed by atoms with Crippen molar-refractivity contribution in [1.29, 1.82) is 0 Å². The summed E-state index contributed by atoms with van der Waals surface area (Å²) in [6.07, 6.45) is 0. The van der Waals surface area contributed by atoms with Gasteiger partial charge in [-0.1, -0.05) is 63.8 Å². The molecule has 0 saturated heterocycles. The van der Waals surface area contributed by atoms with Crippen LogP contribution in [0.2, 0.25) is 0 Å². The lowest BCUT2D eigenvalue weighted by Crippen LogP contribution is -2.15. The second-order valence-corrected chi connectivity index (χ2v) is 4.47. The third-order valence-corrected chi connectivity index (χ3v) is 3.24. The van der Waals surface area contributed by atoms with Gasteiger partial charge >= 0.3 is 0 Å².